The lowest BCUT2D eigenvalue weighted by Gasteiger charge is -2.18. The highest BCUT2D eigenvalue weighted by Gasteiger charge is 2.13. The number of halogens is 2. The molecule has 0 spiro atoms. The third kappa shape index (κ3) is 2.94. The zero-order valence-corrected chi connectivity index (χ0v) is 12.8. The summed E-state index contributed by atoms with van der Waals surface area (Å²) >= 11 is 12.6. The smallest absolute Gasteiger partial charge is 0.0927 e. The molecule has 19 heavy (non-hydrogen) atoms. The lowest BCUT2D eigenvalue weighted by molar-refractivity contribution is 0.779. The van der Waals surface area contributed by atoms with Crippen molar-refractivity contribution in [3.63, 3.8) is 0 Å². The Morgan fingerprint density at radius 2 is 1.89 bits per heavy atom. The van der Waals surface area contributed by atoms with Crippen molar-refractivity contribution in [2.45, 2.75) is 6.42 Å². The maximum absolute atomic E-state index is 6.30. The topological polar surface area (TPSA) is 28.2 Å². The average Bonchev–Trinajstić information content (AvgIpc) is 2.39. The first kappa shape index (κ1) is 14.4. The minimum Gasteiger partial charge on any atom is -0.377 e. The highest BCUT2D eigenvalue weighted by molar-refractivity contribution is 6.40. The van der Waals surface area contributed by atoms with Crippen LogP contribution >= 0.6 is 23.2 Å². The Hall–Kier alpha value is -1.03. The van der Waals surface area contributed by atoms with Gasteiger partial charge >= 0.3 is 0 Å². The van der Waals surface area contributed by atoms with Crippen LogP contribution in [-0.4, -0.2) is 32.7 Å². The minimum absolute atomic E-state index is 0.633. The van der Waals surface area contributed by atoms with Crippen molar-refractivity contribution in [3.05, 3.63) is 33.9 Å². The second-order valence-corrected chi connectivity index (χ2v) is 5.45. The summed E-state index contributed by atoms with van der Waals surface area (Å²) in [6, 6.07) is 5.68. The Morgan fingerprint density at radius 1 is 1.21 bits per heavy atom. The molecule has 0 saturated heterocycles. The first-order valence-corrected chi connectivity index (χ1v) is 6.89. The summed E-state index contributed by atoms with van der Waals surface area (Å²) in [6.45, 7) is 0.879. The molecule has 1 aromatic carbocycles. The third-order valence-corrected chi connectivity index (χ3v) is 3.63. The summed E-state index contributed by atoms with van der Waals surface area (Å²) in [7, 11) is 5.92. The number of likely N-dealkylation sites (N-methyl/N-ethyl adjacent to an activating group) is 1. The van der Waals surface area contributed by atoms with Gasteiger partial charge in [0.05, 0.1) is 15.6 Å². The van der Waals surface area contributed by atoms with Crippen molar-refractivity contribution in [1.82, 2.24) is 10.3 Å². The first-order valence-electron chi connectivity index (χ1n) is 6.14. The van der Waals surface area contributed by atoms with E-state index in [0.29, 0.717) is 10.0 Å². The summed E-state index contributed by atoms with van der Waals surface area (Å²) in [5.74, 6) is 0. The van der Waals surface area contributed by atoms with Gasteiger partial charge in [0.25, 0.3) is 0 Å². The highest BCUT2D eigenvalue weighted by Crippen LogP contribution is 2.35. The fourth-order valence-electron chi connectivity index (χ4n) is 2.03. The van der Waals surface area contributed by atoms with Crippen molar-refractivity contribution in [2.75, 3.05) is 32.6 Å². The van der Waals surface area contributed by atoms with E-state index in [4.69, 9.17) is 23.2 Å². The molecule has 0 fully saturated rings. The van der Waals surface area contributed by atoms with E-state index in [0.717, 1.165) is 35.2 Å². The number of pyridine rings is 1. The van der Waals surface area contributed by atoms with Crippen molar-refractivity contribution >= 4 is 39.8 Å². The van der Waals surface area contributed by atoms with Crippen molar-refractivity contribution < 1.29 is 0 Å². The highest BCUT2D eigenvalue weighted by atomic mass is 35.5. The van der Waals surface area contributed by atoms with Crippen LogP contribution < -0.4 is 10.2 Å². The molecular formula is C14H17Cl2N3. The molecule has 102 valence electrons. The second kappa shape index (κ2) is 5.95. The fraction of sp³-hybridized carbons (Fsp3) is 0.357. The third-order valence-electron chi connectivity index (χ3n) is 3.01. The molecule has 0 atom stereocenters. The van der Waals surface area contributed by atoms with Crippen molar-refractivity contribution in [2.24, 2.45) is 0 Å². The first-order chi connectivity index (χ1) is 9.04. The van der Waals surface area contributed by atoms with Crippen LogP contribution in [0.5, 0.6) is 0 Å². The van der Waals surface area contributed by atoms with Crippen LogP contribution in [0.1, 0.15) is 5.69 Å². The number of fused-ring (bicyclic) bond motifs is 1. The van der Waals surface area contributed by atoms with E-state index in [9.17, 15) is 0 Å². The maximum Gasteiger partial charge on any atom is 0.0927 e. The molecule has 2 rings (SSSR count). The molecule has 0 saturated carbocycles. The Morgan fingerprint density at radius 3 is 2.53 bits per heavy atom. The van der Waals surface area contributed by atoms with Gasteiger partial charge in [0.1, 0.15) is 0 Å². The van der Waals surface area contributed by atoms with E-state index in [1.165, 1.54) is 0 Å². The lowest BCUT2D eigenvalue weighted by Crippen LogP contribution is -2.14. The molecule has 0 radical (unpaired) electrons. The average molecular weight is 298 g/mol. The van der Waals surface area contributed by atoms with Gasteiger partial charge in [-0.3, -0.25) is 4.98 Å². The number of nitrogens with zero attached hydrogens (tertiary/aromatic N) is 2. The number of nitrogens with one attached hydrogen (secondary N) is 1. The van der Waals surface area contributed by atoms with E-state index >= 15 is 0 Å². The SMILES string of the molecule is CNCCc1cc(N(C)C)c2c(Cl)ccc(Cl)c2n1. The van der Waals surface area contributed by atoms with E-state index in [1.54, 1.807) is 6.07 Å². The summed E-state index contributed by atoms with van der Waals surface area (Å²) in [5.41, 5.74) is 2.82. The van der Waals surface area contributed by atoms with Gasteiger partial charge in [0.2, 0.25) is 0 Å². The molecule has 1 N–H and O–H groups in total. The van der Waals surface area contributed by atoms with Crippen LogP contribution in [0, 0.1) is 0 Å². The number of anilines is 1. The number of benzene rings is 1. The number of hydrogen-bond acceptors (Lipinski definition) is 3. The molecule has 0 bridgehead atoms. The van der Waals surface area contributed by atoms with Gasteiger partial charge in [0, 0.05) is 43.8 Å². The van der Waals surface area contributed by atoms with Crippen molar-refractivity contribution in [1.29, 1.82) is 0 Å². The number of rotatable bonds is 4. The molecular weight excluding hydrogens is 281 g/mol. The Bertz CT molecular complexity index is 597. The molecule has 5 heteroatoms. The van der Waals surface area contributed by atoms with Gasteiger partial charge in [-0.25, -0.2) is 0 Å². The number of hydrogen-bond donors (Lipinski definition) is 1. The lowest BCUT2D eigenvalue weighted by atomic mass is 10.1. The van der Waals surface area contributed by atoms with Gasteiger partial charge in [-0.15, -0.1) is 0 Å². The normalized spacial score (nSPS) is 11.0. The summed E-state index contributed by atoms with van der Waals surface area (Å²) < 4.78 is 0. The molecule has 1 aromatic heterocycles. The Kier molecular flexibility index (Phi) is 4.50. The van der Waals surface area contributed by atoms with E-state index in [2.05, 4.69) is 16.4 Å². The van der Waals surface area contributed by atoms with Gasteiger partial charge in [-0.2, -0.15) is 0 Å². The second-order valence-electron chi connectivity index (χ2n) is 4.63. The maximum atomic E-state index is 6.30. The number of aromatic nitrogens is 1. The molecule has 0 aliphatic carbocycles. The summed E-state index contributed by atoms with van der Waals surface area (Å²) in [4.78, 5) is 6.67. The van der Waals surface area contributed by atoms with Gasteiger partial charge in [-0.05, 0) is 25.2 Å². The van der Waals surface area contributed by atoms with Crippen LogP contribution in [0.2, 0.25) is 10.0 Å². The predicted molar refractivity (Wildman–Crippen MR) is 83.7 cm³/mol. The molecule has 0 aliphatic heterocycles. The van der Waals surface area contributed by atoms with Crippen LogP contribution in [0.3, 0.4) is 0 Å². The zero-order valence-electron chi connectivity index (χ0n) is 11.3. The monoisotopic (exact) mass is 297 g/mol. The standard InChI is InChI=1S/C14H17Cl2N3/c1-17-7-6-9-8-12(19(2)3)13-10(15)4-5-11(16)14(13)18-9/h4-5,8,17H,6-7H2,1-3H3. The van der Waals surface area contributed by atoms with E-state index < -0.39 is 0 Å². The summed E-state index contributed by atoms with van der Waals surface area (Å²) in [5, 5.41) is 5.35. The van der Waals surface area contributed by atoms with E-state index in [-0.39, 0.29) is 0 Å². The van der Waals surface area contributed by atoms with E-state index in [1.807, 2.05) is 32.1 Å². The molecule has 0 aliphatic rings. The molecule has 3 nitrogen and oxygen atoms in total. The van der Waals surface area contributed by atoms with Gasteiger partial charge < -0.3 is 10.2 Å². The van der Waals surface area contributed by atoms with Crippen LogP contribution in [-0.2, 0) is 6.42 Å². The Balaban J connectivity index is 2.68. The largest absolute Gasteiger partial charge is 0.377 e. The Labute approximate surface area is 123 Å². The molecule has 2 aromatic rings. The summed E-state index contributed by atoms with van der Waals surface area (Å²) in [6.07, 6.45) is 0.857. The molecule has 0 unspecified atom stereocenters. The minimum atomic E-state index is 0.633. The van der Waals surface area contributed by atoms with Crippen LogP contribution in [0.4, 0.5) is 5.69 Å². The fourth-order valence-corrected chi connectivity index (χ4v) is 2.48. The van der Waals surface area contributed by atoms with Gasteiger partial charge in [0.15, 0.2) is 0 Å². The van der Waals surface area contributed by atoms with Gasteiger partial charge in [-0.1, -0.05) is 23.2 Å². The van der Waals surface area contributed by atoms with Crippen LogP contribution in [0.25, 0.3) is 10.9 Å². The molecule has 1 heterocycles. The van der Waals surface area contributed by atoms with Crippen LogP contribution in [0.15, 0.2) is 18.2 Å². The quantitative estimate of drug-likeness (QED) is 0.938. The zero-order chi connectivity index (χ0) is 14.0. The van der Waals surface area contributed by atoms with Crippen molar-refractivity contribution in [3.8, 4) is 0 Å². The molecule has 0 amide bonds. The predicted octanol–water partition coefficient (Wildman–Crippen LogP) is 3.37.